The van der Waals surface area contributed by atoms with E-state index in [1.807, 2.05) is 19.0 Å². The molecule has 1 fully saturated rings. The van der Waals surface area contributed by atoms with E-state index in [0.717, 1.165) is 25.9 Å². The number of aromatic nitrogens is 1. The fourth-order valence-corrected chi connectivity index (χ4v) is 2.53. The van der Waals surface area contributed by atoms with E-state index in [1.165, 1.54) is 6.20 Å². The third-order valence-electron chi connectivity index (χ3n) is 3.50. The summed E-state index contributed by atoms with van der Waals surface area (Å²) < 4.78 is 0. The van der Waals surface area contributed by atoms with Gasteiger partial charge in [-0.2, -0.15) is 0 Å². The minimum atomic E-state index is -0.0867. The van der Waals surface area contributed by atoms with Gasteiger partial charge >= 0.3 is 0 Å². The van der Waals surface area contributed by atoms with Crippen LogP contribution in [-0.4, -0.2) is 53.9 Å². The van der Waals surface area contributed by atoms with Gasteiger partial charge < -0.3 is 15.5 Å². The number of nitrogens with two attached hydrogens (primary N) is 1. The zero-order valence-corrected chi connectivity index (χ0v) is 12.0. The third kappa shape index (κ3) is 3.16. The second-order valence-electron chi connectivity index (χ2n) is 5.12. The van der Waals surface area contributed by atoms with E-state index in [0.29, 0.717) is 17.3 Å². The lowest BCUT2D eigenvalue weighted by Crippen LogP contribution is -2.47. The van der Waals surface area contributed by atoms with E-state index in [1.54, 1.807) is 6.07 Å². The van der Waals surface area contributed by atoms with E-state index in [-0.39, 0.29) is 11.1 Å². The fraction of sp³-hybridized carbons (Fsp3) is 0.538. The van der Waals surface area contributed by atoms with E-state index in [9.17, 15) is 4.79 Å². The number of carbonyl (C=O) groups is 1. The van der Waals surface area contributed by atoms with E-state index in [2.05, 4.69) is 9.88 Å². The number of halogens is 1. The Morgan fingerprint density at radius 3 is 3.00 bits per heavy atom. The summed E-state index contributed by atoms with van der Waals surface area (Å²) in [5.41, 5.74) is 6.51. The highest BCUT2D eigenvalue weighted by molar-refractivity contribution is 6.32. The number of rotatable bonds is 2. The summed E-state index contributed by atoms with van der Waals surface area (Å²) in [7, 11) is 4.07. The van der Waals surface area contributed by atoms with E-state index < -0.39 is 0 Å². The topological polar surface area (TPSA) is 62.5 Å². The molecule has 1 unspecified atom stereocenters. The standard InChI is InChI=1S/C13H19ClN4O/c1-17(2)10-4-3-5-18(8-10)13(19)11-6-9(15)7-16-12(11)14/h6-7,10H,3-5,8,15H2,1-2H3. The van der Waals surface area contributed by atoms with Crippen LogP contribution in [0.15, 0.2) is 12.3 Å². The molecular formula is C13H19ClN4O. The number of nitrogens with zero attached hydrogens (tertiary/aromatic N) is 3. The maximum Gasteiger partial charge on any atom is 0.257 e. The number of piperidine rings is 1. The largest absolute Gasteiger partial charge is 0.397 e. The van der Waals surface area contributed by atoms with Gasteiger partial charge in [-0.25, -0.2) is 4.98 Å². The monoisotopic (exact) mass is 282 g/mol. The van der Waals surface area contributed by atoms with Crippen molar-refractivity contribution in [3.8, 4) is 0 Å². The zero-order chi connectivity index (χ0) is 14.0. The third-order valence-corrected chi connectivity index (χ3v) is 3.81. The van der Waals surface area contributed by atoms with Crippen LogP contribution in [0.2, 0.25) is 5.15 Å². The molecule has 0 aromatic carbocycles. The molecule has 1 aromatic heterocycles. The molecular weight excluding hydrogens is 264 g/mol. The molecule has 6 heteroatoms. The molecule has 5 nitrogen and oxygen atoms in total. The Labute approximate surface area is 118 Å². The molecule has 0 saturated carbocycles. The summed E-state index contributed by atoms with van der Waals surface area (Å²) in [6, 6.07) is 1.99. The Kier molecular flexibility index (Phi) is 4.27. The van der Waals surface area contributed by atoms with Crippen molar-refractivity contribution < 1.29 is 4.79 Å². The van der Waals surface area contributed by atoms with Gasteiger partial charge in [-0.05, 0) is 33.0 Å². The Morgan fingerprint density at radius 1 is 1.58 bits per heavy atom. The molecule has 104 valence electrons. The van der Waals surface area contributed by atoms with Crippen molar-refractivity contribution in [3.63, 3.8) is 0 Å². The number of nitrogen functional groups attached to an aromatic ring is 1. The van der Waals surface area contributed by atoms with Gasteiger partial charge in [0.05, 0.1) is 17.4 Å². The average Bonchev–Trinajstić information content (AvgIpc) is 2.41. The number of hydrogen-bond donors (Lipinski definition) is 1. The van der Waals surface area contributed by atoms with Crippen LogP contribution in [-0.2, 0) is 0 Å². The molecule has 1 atom stereocenters. The van der Waals surface area contributed by atoms with Crippen LogP contribution < -0.4 is 5.73 Å². The number of likely N-dealkylation sites (tertiary alicyclic amines) is 1. The number of carbonyl (C=O) groups excluding carboxylic acids is 1. The van der Waals surface area contributed by atoms with Crippen LogP contribution >= 0.6 is 11.6 Å². The van der Waals surface area contributed by atoms with Crippen LogP contribution in [0.5, 0.6) is 0 Å². The molecule has 1 aliphatic heterocycles. The maximum atomic E-state index is 12.5. The predicted molar refractivity (Wildman–Crippen MR) is 76.3 cm³/mol. The molecule has 0 spiro atoms. The lowest BCUT2D eigenvalue weighted by molar-refractivity contribution is 0.0635. The number of hydrogen-bond acceptors (Lipinski definition) is 4. The van der Waals surface area contributed by atoms with Gasteiger partial charge in [0.25, 0.3) is 5.91 Å². The minimum Gasteiger partial charge on any atom is -0.397 e. The second-order valence-corrected chi connectivity index (χ2v) is 5.48. The van der Waals surface area contributed by atoms with Gasteiger partial charge in [0.1, 0.15) is 5.15 Å². The Balaban J connectivity index is 2.17. The highest BCUT2D eigenvalue weighted by atomic mass is 35.5. The van der Waals surface area contributed by atoms with Crippen molar-refractivity contribution in [2.45, 2.75) is 18.9 Å². The summed E-state index contributed by atoms with van der Waals surface area (Å²) >= 11 is 5.98. The SMILES string of the molecule is CN(C)C1CCCN(C(=O)c2cc(N)cnc2Cl)C1. The highest BCUT2D eigenvalue weighted by Gasteiger charge is 2.27. The van der Waals surface area contributed by atoms with Crippen LogP contribution in [0, 0.1) is 0 Å². The van der Waals surface area contributed by atoms with E-state index in [4.69, 9.17) is 17.3 Å². The molecule has 2 N–H and O–H groups in total. The first-order valence-electron chi connectivity index (χ1n) is 6.35. The Hall–Kier alpha value is -1.33. The molecule has 2 heterocycles. The highest BCUT2D eigenvalue weighted by Crippen LogP contribution is 2.21. The van der Waals surface area contributed by atoms with Crippen molar-refractivity contribution in [1.29, 1.82) is 0 Å². The minimum absolute atomic E-state index is 0.0867. The summed E-state index contributed by atoms with van der Waals surface area (Å²) in [6.07, 6.45) is 3.57. The first-order chi connectivity index (χ1) is 8.99. The van der Waals surface area contributed by atoms with Crippen molar-refractivity contribution in [2.75, 3.05) is 32.9 Å². The Bertz CT molecular complexity index is 478. The van der Waals surface area contributed by atoms with Crippen LogP contribution in [0.25, 0.3) is 0 Å². The summed E-state index contributed by atoms with van der Waals surface area (Å²) in [4.78, 5) is 20.4. The average molecular weight is 283 g/mol. The summed E-state index contributed by atoms with van der Waals surface area (Å²) in [6.45, 7) is 1.48. The van der Waals surface area contributed by atoms with Crippen molar-refractivity contribution >= 4 is 23.2 Å². The molecule has 1 amide bonds. The number of pyridine rings is 1. The molecule has 0 aliphatic carbocycles. The molecule has 0 bridgehead atoms. The van der Waals surface area contributed by atoms with Crippen LogP contribution in [0.4, 0.5) is 5.69 Å². The van der Waals surface area contributed by atoms with Gasteiger partial charge in [-0.1, -0.05) is 11.6 Å². The molecule has 1 aliphatic rings. The van der Waals surface area contributed by atoms with Crippen LogP contribution in [0.3, 0.4) is 0 Å². The van der Waals surface area contributed by atoms with Crippen molar-refractivity contribution in [3.05, 3.63) is 23.0 Å². The van der Waals surface area contributed by atoms with Gasteiger partial charge in [0, 0.05) is 19.1 Å². The summed E-state index contributed by atoms with van der Waals surface area (Å²) in [5.74, 6) is -0.0867. The Morgan fingerprint density at radius 2 is 2.32 bits per heavy atom. The molecule has 1 saturated heterocycles. The lowest BCUT2D eigenvalue weighted by Gasteiger charge is -2.36. The molecule has 0 radical (unpaired) electrons. The predicted octanol–water partition coefficient (Wildman–Crippen LogP) is 1.48. The normalized spacial score (nSPS) is 19.8. The number of anilines is 1. The van der Waals surface area contributed by atoms with Crippen LogP contribution in [0.1, 0.15) is 23.2 Å². The maximum absolute atomic E-state index is 12.5. The molecule has 2 rings (SSSR count). The first kappa shape index (κ1) is 14.1. The van der Waals surface area contributed by atoms with Gasteiger partial charge in [-0.3, -0.25) is 4.79 Å². The quantitative estimate of drug-likeness (QED) is 0.835. The van der Waals surface area contributed by atoms with E-state index >= 15 is 0 Å². The van der Waals surface area contributed by atoms with Crippen molar-refractivity contribution in [1.82, 2.24) is 14.8 Å². The van der Waals surface area contributed by atoms with Gasteiger partial charge in [0.15, 0.2) is 0 Å². The fourth-order valence-electron chi connectivity index (χ4n) is 2.35. The smallest absolute Gasteiger partial charge is 0.257 e. The number of amides is 1. The van der Waals surface area contributed by atoms with Gasteiger partial charge in [-0.15, -0.1) is 0 Å². The summed E-state index contributed by atoms with van der Waals surface area (Å²) in [5, 5.41) is 0.214. The second kappa shape index (κ2) is 5.75. The lowest BCUT2D eigenvalue weighted by atomic mass is 10.0. The number of likely N-dealkylation sites (N-methyl/N-ethyl adjacent to an activating group) is 1. The van der Waals surface area contributed by atoms with Gasteiger partial charge in [0.2, 0.25) is 0 Å². The van der Waals surface area contributed by atoms with Crippen molar-refractivity contribution in [2.24, 2.45) is 0 Å². The first-order valence-corrected chi connectivity index (χ1v) is 6.73. The molecule has 1 aromatic rings. The molecule has 19 heavy (non-hydrogen) atoms. The zero-order valence-electron chi connectivity index (χ0n) is 11.3.